The van der Waals surface area contributed by atoms with Crippen molar-refractivity contribution >= 4 is 17.4 Å². The second kappa shape index (κ2) is 7.68. The molecule has 0 spiro atoms. The second-order valence-corrected chi connectivity index (χ2v) is 4.92. The van der Waals surface area contributed by atoms with Crippen molar-refractivity contribution in [2.75, 3.05) is 17.7 Å². The molecule has 2 amide bonds. The third-order valence-corrected chi connectivity index (χ3v) is 3.18. The lowest BCUT2D eigenvalue weighted by Crippen LogP contribution is -2.19. The Labute approximate surface area is 132 Å². The van der Waals surface area contributed by atoms with Gasteiger partial charge in [0.05, 0.1) is 18.0 Å². The van der Waals surface area contributed by atoms with Gasteiger partial charge in [0.25, 0.3) is 6.43 Å². The number of halogens is 2. The van der Waals surface area contributed by atoms with E-state index in [-0.39, 0.29) is 6.10 Å². The van der Waals surface area contributed by atoms with Gasteiger partial charge < -0.3 is 15.4 Å². The number of ether oxygens (including phenoxy) is 1. The number of aromatic nitrogens is 2. The van der Waals surface area contributed by atoms with E-state index in [0.29, 0.717) is 11.4 Å². The zero-order valence-electron chi connectivity index (χ0n) is 12.8. The summed E-state index contributed by atoms with van der Waals surface area (Å²) in [5.74, 6) is 0. The maximum absolute atomic E-state index is 12.2. The maximum Gasteiger partial charge on any atom is 0.323 e. The molecule has 0 bridgehead atoms. The van der Waals surface area contributed by atoms with Crippen molar-refractivity contribution in [2.45, 2.75) is 26.0 Å². The van der Waals surface area contributed by atoms with E-state index in [1.54, 1.807) is 25.3 Å². The first kappa shape index (κ1) is 16.9. The summed E-state index contributed by atoms with van der Waals surface area (Å²) in [6, 6.07) is 6.76. The molecular formula is C15H18F2N4O2. The highest BCUT2D eigenvalue weighted by Crippen LogP contribution is 2.19. The third kappa shape index (κ3) is 5.03. The van der Waals surface area contributed by atoms with Crippen LogP contribution in [0.15, 0.2) is 36.7 Å². The Balaban J connectivity index is 1.95. The molecule has 0 aliphatic carbocycles. The molecule has 8 heteroatoms. The van der Waals surface area contributed by atoms with Gasteiger partial charge in [-0.1, -0.05) is 12.1 Å². The predicted octanol–water partition coefficient (Wildman–Crippen LogP) is 3.50. The second-order valence-electron chi connectivity index (χ2n) is 4.92. The molecule has 1 atom stereocenters. The summed E-state index contributed by atoms with van der Waals surface area (Å²) in [4.78, 5) is 11.9. The van der Waals surface area contributed by atoms with E-state index in [0.717, 1.165) is 10.2 Å². The van der Waals surface area contributed by atoms with Gasteiger partial charge in [0.2, 0.25) is 0 Å². The maximum atomic E-state index is 12.2. The van der Waals surface area contributed by atoms with E-state index in [4.69, 9.17) is 4.74 Å². The lowest BCUT2D eigenvalue weighted by atomic mass is 10.1. The molecule has 1 heterocycles. The zero-order chi connectivity index (χ0) is 16.8. The fraction of sp³-hybridized carbons (Fsp3) is 0.333. The average molecular weight is 324 g/mol. The quantitative estimate of drug-likeness (QED) is 0.854. The number of urea groups is 1. The Morgan fingerprint density at radius 1 is 1.35 bits per heavy atom. The van der Waals surface area contributed by atoms with Gasteiger partial charge in [-0.15, -0.1) is 0 Å². The summed E-state index contributed by atoms with van der Waals surface area (Å²) in [5.41, 5.74) is 1.86. The fourth-order valence-corrected chi connectivity index (χ4v) is 1.97. The van der Waals surface area contributed by atoms with Crippen LogP contribution in [0.2, 0.25) is 0 Å². The summed E-state index contributed by atoms with van der Waals surface area (Å²) in [6.07, 6.45) is 0.0649. The molecule has 23 heavy (non-hydrogen) atoms. The summed E-state index contributed by atoms with van der Waals surface area (Å²) in [5, 5.41) is 8.95. The number of anilines is 2. The summed E-state index contributed by atoms with van der Waals surface area (Å²) in [6.45, 7) is 1.39. The molecule has 0 radical (unpaired) electrons. The average Bonchev–Trinajstić information content (AvgIpc) is 2.92. The Morgan fingerprint density at radius 3 is 2.78 bits per heavy atom. The van der Waals surface area contributed by atoms with Crippen molar-refractivity contribution in [1.82, 2.24) is 9.78 Å². The standard InChI is InChI=1S/C15H18F2N4O2/c1-10(23-2)11-4-3-5-12(6-11)19-15(22)20-13-7-18-21(8-13)9-14(16)17/h3-8,10,14H,9H2,1-2H3,(H2,19,20,22)/t10-/m1/s1. The molecule has 2 rings (SSSR count). The Morgan fingerprint density at radius 2 is 2.09 bits per heavy atom. The van der Waals surface area contributed by atoms with Crippen LogP contribution < -0.4 is 10.6 Å². The van der Waals surface area contributed by atoms with E-state index in [1.807, 2.05) is 13.0 Å². The van der Waals surface area contributed by atoms with E-state index >= 15 is 0 Å². The van der Waals surface area contributed by atoms with E-state index in [1.165, 1.54) is 12.4 Å². The molecule has 0 fully saturated rings. The van der Waals surface area contributed by atoms with Crippen LogP contribution in [0.1, 0.15) is 18.6 Å². The molecule has 0 unspecified atom stereocenters. The van der Waals surface area contributed by atoms with Gasteiger partial charge in [-0.05, 0) is 24.6 Å². The highest BCUT2D eigenvalue weighted by Gasteiger charge is 2.09. The molecule has 0 aliphatic rings. The number of hydrogen-bond donors (Lipinski definition) is 2. The number of methoxy groups -OCH3 is 1. The summed E-state index contributed by atoms with van der Waals surface area (Å²) in [7, 11) is 1.61. The van der Waals surface area contributed by atoms with Crippen LogP contribution in [-0.4, -0.2) is 29.3 Å². The van der Waals surface area contributed by atoms with Crippen LogP contribution in [0, 0.1) is 0 Å². The first-order valence-electron chi connectivity index (χ1n) is 6.99. The van der Waals surface area contributed by atoms with Gasteiger partial charge in [0.15, 0.2) is 0 Å². The molecule has 0 aliphatic heterocycles. The summed E-state index contributed by atoms with van der Waals surface area (Å²) < 4.78 is 30.8. The number of benzene rings is 1. The number of amides is 2. The van der Waals surface area contributed by atoms with Crippen LogP contribution in [-0.2, 0) is 11.3 Å². The van der Waals surface area contributed by atoms with Crippen molar-refractivity contribution in [2.24, 2.45) is 0 Å². The number of rotatable bonds is 6. The van der Waals surface area contributed by atoms with Gasteiger partial charge in [-0.25, -0.2) is 13.6 Å². The largest absolute Gasteiger partial charge is 0.377 e. The van der Waals surface area contributed by atoms with Gasteiger partial charge >= 0.3 is 6.03 Å². The molecule has 2 N–H and O–H groups in total. The van der Waals surface area contributed by atoms with Crippen molar-refractivity contribution in [1.29, 1.82) is 0 Å². The lowest BCUT2D eigenvalue weighted by molar-refractivity contribution is 0.119. The van der Waals surface area contributed by atoms with E-state index < -0.39 is 19.0 Å². The van der Waals surface area contributed by atoms with Crippen molar-refractivity contribution < 1.29 is 18.3 Å². The van der Waals surface area contributed by atoms with E-state index in [9.17, 15) is 13.6 Å². The van der Waals surface area contributed by atoms with Crippen LogP contribution in [0.5, 0.6) is 0 Å². The number of nitrogens with zero attached hydrogens (tertiary/aromatic N) is 2. The minimum atomic E-state index is -2.50. The molecule has 1 aromatic heterocycles. The molecule has 2 aromatic rings. The number of hydrogen-bond acceptors (Lipinski definition) is 3. The van der Waals surface area contributed by atoms with Gasteiger partial charge in [0.1, 0.15) is 6.54 Å². The smallest absolute Gasteiger partial charge is 0.323 e. The first-order chi connectivity index (χ1) is 11.0. The topological polar surface area (TPSA) is 68.2 Å². The molecule has 0 saturated carbocycles. The Hall–Kier alpha value is -2.48. The molecule has 6 nitrogen and oxygen atoms in total. The highest BCUT2D eigenvalue weighted by molar-refractivity contribution is 5.99. The number of alkyl halides is 2. The monoisotopic (exact) mass is 324 g/mol. The van der Waals surface area contributed by atoms with Crippen LogP contribution >= 0.6 is 0 Å². The predicted molar refractivity (Wildman–Crippen MR) is 82.7 cm³/mol. The first-order valence-corrected chi connectivity index (χ1v) is 6.99. The van der Waals surface area contributed by atoms with E-state index in [2.05, 4.69) is 15.7 Å². The van der Waals surface area contributed by atoms with Gasteiger partial charge in [-0.2, -0.15) is 5.10 Å². The number of nitrogens with one attached hydrogen (secondary N) is 2. The van der Waals surface area contributed by atoms with Gasteiger partial charge in [-0.3, -0.25) is 4.68 Å². The van der Waals surface area contributed by atoms with Crippen LogP contribution in [0.3, 0.4) is 0 Å². The van der Waals surface area contributed by atoms with Crippen molar-refractivity contribution in [3.63, 3.8) is 0 Å². The summed E-state index contributed by atoms with van der Waals surface area (Å²) >= 11 is 0. The zero-order valence-corrected chi connectivity index (χ0v) is 12.8. The number of carbonyl (C=O) groups is 1. The Bertz CT molecular complexity index is 660. The molecule has 124 valence electrons. The molecule has 0 saturated heterocycles. The molecular weight excluding hydrogens is 306 g/mol. The normalized spacial score (nSPS) is 12.2. The minimum Gasteiger partial charge on any atom is -0.377 e. The fourth-order valence-electron chi connectivity index (χ4n) is 1.97. The SMILES string of the molecule is CO[C@H](C)c1cccc(NC(=O)Nc2cnn(CC(F)F)c2)c1. The highest BCUT2D eigenvalue weighted by atomic mass is 19.3. The van der Waals surface area contributed by atoms with Crippen molar-refractivity contribution in [3.8, 4) is 0 Å². The number of carbonyl (C=O) groups excluding carboxylic acids is 1. The van der Waals surface area contributed by atoms with Crippen LogP contribution in [0.25, 0.3) is 0 Å². The Kier molecular flexibility index (Phi) is 5.64. The van der Waals surface area contributed by atoms with Crippen molar-refractivity contribution in [3.05, 3.63) is 42.2 Å². The minimum absolute atomic E-state index is 0.0904. The molecule has 1 aromatic carbocycles. The van der Waals surface area contributed by atoms with Gasteiger partial charge in [0, 0.05) is 19.0 Å². The lowest BCUT2D eigenvalue weighted by Gasteiger charge is -2.12. The van der Waals surface area contributed by atoms with Crippen LogP contribution in [0.4, 0.5) is 25.0 Å². The third-order valence-electron chi connectivity index (χ3n) is 3.18.